The second-order valence-corrected chi connectivity index (χ2v) is 6.42. The van der Waals surface area contributed by atoms with Gasteiger partial charge in [-0.3, -0.25) is 9.59 Å². The van der Waals surface area contributed by atoms with Crippen LogP contribution in [0.3, 0.4) is 0 Å². The molecule has 24 heavy (non-hydrogen) atoms. The molecule has 1 aromatic rings. The molecule has 0 N–H and O–H groups in total. The highest BCUT2D eigenvalue weighted by Crippen LogP contribution is 2.41. The Balaban J connectivity index is 2.55. The number of rotatable bonds is 4. The van der Waals surface area contributed by atoms with Gasteiger partial charge in [-0.15, -0.1) is 0 Å². The van der Waals surface area contributed by atoms with Crippen molar-refractivity contribution in [2.75, 3.05) is 14.2 Å². The number of benzene rings is 1. The van der Waals surface area contributed by atoms with Crippen LogP contribution in [0.4, 0.5) is 0 Å². The second kappa shape index (κ2) is 6.05. The predicted molar refractivity (Wildman–Crippen MR) is 85.3 cm³/mol. The van der Waals surface area contributed by atoms with E-state index in [0.717, 1.165) is 0 Å². The van der Waals surface area contributed by atoms with E-state index >= 15 is 0 Å². The molecule has 0 aromatic heterocycles. The van der Waals surface area contributed by atoms with Gasteiger partial charge in [0.15, 0.2) is 17.3 Å². The first-order valence-corrected chi connectivity index (χ1v) is 7.28. The van der Waals surface area contributed by atoms with Crippen LogP contribution in [0.2, 0.25) is 0 Å². The van der Waals surface area contributed by atoms with Crippen molar-refractivity contribution in [1.29, 1.82) is 0 Å². The molecule has 0 saturated carbocycles. The molecule has 1 atom stereocenters. The highest BCUT2D eigenvalue weighted by molar-refractivity contribution is 6.20. The maximum Gasteiger partial charge on any atom is 0.326 e. The van der Waals surface area contributed by atoms with Crippen LogP contribution in [0.5, 0.6) is 11.5 Å². The summed E-state index contributed by atoms with van der Waals surface area (Å²) in [5.41, 5.74) is 6.92. The minimum absolute atomic E-state index is 0.0828. The van der Waals surface area contributed by atoms with Gasteiger partial charge in [-0.1, -0.05) is 5.11 Å². The molecule has 1 aliphatic rings. The largest absolute Gasteiger partial charge is 0.493 e. The third-order valence-electron chi connectivity index (χ3n) is 3.63. The molecule has 2 rings (SSSR count). The first kappa shape index (κ1) is 17.6. The van der Waals surface area contributed by atoms with Crippen molar-refractivity contribution in [3.05, 3.63) is 33.7 Å². The number of ketones is 1. The molecule has 0 radical (unpaired) electrons. The minimum Gasteiger partial charge on any atom is -0.493 e. The summed E-state index contributed by atoms with van der Waals surface area (Å²) in [4.78, 5) is 28.1. The molecular weight excluding hydrogens is 314 g/mol. The normalized spacial score (nSPS) is 19.3. The first-order valence-electron chi connectivity index (χ1n) is 7.28. The Morgan fingerprint density at radius 1 is 1.25 bits per heavy atom. The summed E-state index contributed by atoms with van der Waals surface area (Å²) in [6.45, 7) is 5.02. The van der Waals surface area contributed by atoms with E-state index in [9.17, 15) is 9.59 Å². The smallest absolute Gasteiger partial charge is 0.326 e. The molecule has 0 saturated heterocycles. The number of esters is 1. The van der Waals surface area contributed by atoms with E-state index in [1.807, 2.05) is 0 Å². The molecule has 0 heterocycles. The molecule has 8 heteroatoms. The van der Waals surface area contributed by atoms with E-state index < -0.39 is 22.9 Å². The van der Waals surface area contributed by atoms with Gasteiger partial charge in [-0.05, 0) is 44.0 Å². The van der Waals surface area contributed by atoms with E-state index in [1.165, 1.54) is 20.3 Å². The van der Waals surface area contributed by atoms with Gasteiger partial charge < -0.3 is 14.2 Å². The number of Topliss-reactive ketones (excluding diaryl/α,β-unsaturated/α-hetero) is 1. The van der Waals surface area contributed by atoms with E-state index in [0.29, 0.717) is 17.1 Å². The summed E-state index contributed by atoms with van der Waals surface area (Å²) in [6.07, 6.45) is -0.0828. The monoisotopic (exact) mass is 333 g/mol. The van der Waals surface area contributed by atoms with E-state index in [-0.39, 0.29) is 12.0 Å². The Labute approximate surface area is 139 Å². The van der Waals surface area contributed by atoms with Crippen LogP contribution in [0.25, 0.3) is 10.4 Å². The predicted octanol–water partition coefficient (Wildman–Crippen LogP) is 2.83. The van der Waals surface area contributed by atoms with Gasteiger partial charge in [0, 0.05) is 16.9 Å². The van der Waals surface area contributed by atoms with Gasteiger partial charge in [-0.2, -0.15) is 0 Å². The van der Waals surface area contributed by atoms with Gasteiger partial charge in [0.2, 0.25) is 5.54 Å². The number of hydrogen-bond acceptors (Lipinski definition) is 6. The standard InChI is InChI=1S/C16H19N3O5/c1-15(2,3)24-14(21)16(18-19-17)8-9-6-11(22-4)12(23-5)7-10(9)13(16)20/h6-7H,8H2,1-5H3/t16-/m1/s1. The topological polar surface area (TPSA) is 111 Å². The van der Waals surface area contributed by atoms with Crippen LogP contribution in [0.15, 0.2) is 17.2 Å². The Hall–Kier alpha value is -2.73. The lowest BCUT2D eigenvalue weighted by Gasteiger charge is -2.26. The van der Waals surface area contributed by atoms with Crippen LogP contribution in [-0.4, -0.2) is 37.1 Å². The highest BCUT2D eigenvalue weighted by Gasteiger charge is 2.54. The number of carbonyl (C=O) groups excluding carboxylic acids is 2. The fourth-order valence-corrected chi connectivity index (χ4v) is 2.58. The van der Waals surface area contributed by atoms with Gasteiger partial charge in [-0.25, -0.2) is 0 Å². The summed E-state index contributed by atoms with van der Waals surface area (Å²) in [7, 11) is 2.91. The maximum atomic E-state index is 12.8. The summed E-state index contributed by atoms with van der Waals surface area (Å²) in [5, 5.41) is 3.52. The molecule has 1 aliphatic carbocycles. The fourth-order valence-electron chi connectivity index (χ4n) is 2.58. The van der Waals surface area contributed by atoms with Gasteiger partial charge in [0.25, 0.3) is 0 Å². The molecule has 1 aromatic carbocycles. The van der Waals surface area contributed by atoms with Crippen molar-refractivity contribution < 1.29 is 23.8 Å². The van der Waals surface area contributed by atoms with Crippen molar-refractivity contribution in [1.82, 2.24) is 0 Å². The van der Waals surface area contributed by atoms with Crippen LogP contribution in [0, 0.1) is 0 Å². The van der Waals surface area contributed by atoms with Gasteiger partial charge in [0.05, 0.1) is 14.2 Å². The lowest BCUT2D eigenvalue weighted by molar-refractivity contribution is -0.159. The lowest BCUT2D eigenvalue weighted by Crippen LogP contribution is -2.46. The van der Waals surface area contributed by atoms with Gasteiger partial charge in [0.1, 0.15) is 5.60 Å². The minimum atomic E-state index is -1.94. The molecule has 0 bridgehead atoms. The highest BCUT2D eigenvalue weighted by atomic mass is 16.6. The van der Waals surface area contributed by atoms with Crippen molar-refractivity contribution in [3.63, 3.8) is 0 Å². The number of carbonyl (C=O) groups is 2. The molecule has 0 amide bonds. The molecule has 128 valence electrons. The number of fused-ring (bicyclic) bond motifs is 1. The summed E-state index contributed by atoms with van der Waals surface area (Å²) in [6, 6.07) is 3.08. The van der Waals surface area contributed by atoms with Crippen molar-refractivity contribution in [2.24, 2.45) is 5.11 Å². The average Bonchev–Trinajstić information content (AvgIpc) is 2.78. The lowest BCUT2D eigenvalue weighted by atomic mass is 9.95. The fraction of sp³-hybridized carbons (Fsp3) is 0.500. The first-order chi connectivity index (χ1) is 11.2. The SMILES string of the molecule is COc1cc2c(cc1OC)C(=O)[C@@](N=[N+]=[N-])(C(=O)OC(C)(C)C)C2. The van der Waals surface area contributed by atoms with Crippen LogP contribution in [-0.2, 0) is 16.0 Å². The third-order valence-corrected chi connectivity index (χ3v) is 3.63. The van der Waals surface area contributed by atoms with E-state index in [2.05, 4.69) is 10.0 Å². The maximum absolute atomic E-state index is 12.8. The molecule has 8 nitrogen and oxygen atoms in total. The van der Waals surface area contributed by atoms with Crippen LogP contribution >= 0.6 is 0 Å². The van der Waals surface area contributed by atoms with Crippen LogP contribution < -0.4 is 9.47 Å². The Bertz CT molecular complexity index is 747. The summed E-state index contributed by atoms with van der Waals surface area (Å²) < 4.78 is 15.7. The Morgan fingerprint density at radius 3 is 2.33 bits per heavy atom. The number of nitrogens with zero attached hydrogens (tertiary/aromatic N) is 3. The zero-order chi connectivity index (χ0) is 18.1. The van der Waals surface area contributed by atoms with Crippen molar-refractivity contribution in [3.8, 4) is 11.5 Å². The zero-order valence-corrected chi connectivity index (χ0v) is 14.2. The zero-order valence-electron chi connectivity index (χ0n) is 14.2. The van der Waals surface area contributed by atoms with E-state index in [1.54, 1.807) is 26.8 Å². The summed E-state index contributed by atoms with van der Waals surface area (Å²) in [5.74, 6) is -0.701. The van der Waals surface area contributed by atoms with Crippen molar-refractivity contribution in [2.45, 2.75) is 38.3 Å². The Morgan fingerprint density at radius 2 is 1.83 bits per heavy atom. The molecule has 0 fully saturated rings. The molecule has 0 spiro atoms. The number of hydrogen-bond donors (Lipinski definition) is 0. The van der Waals surface area contributed by atoms with Crippen LogP contribution in [0.1, 0.15) is 36.7 Å². The number of methoxy groups -OCH3 is 2. The third kappa shape index (κ3) is 2.88. The average molecular weight is 333 g/mol. The summed E-state index contributed by atoms with van der Waals surface area (Å²) >= 11 is 0. The quantitative estimate of drug-likeness (QED) is 0.276. The van der Waals surface area contributed by atoms with Crippen molar-refractivity contribution >= 4 is 11.8 Å². The molecule has 0 unspecified atom stereocenters. The second-order valence-electron chi connectivity index (χ2n) is 6.42. The van der Waals surface area contributed by atoms with E-state index in [4.69, 9.17) is 19.7 Å². The Kier molecular flexibility index (Phi) is 4.44. The molecular formula is C16H19N3O5. The molecule has 0 aliphatic heterocycles. The number of ether oxygens (including phenoxy) is 3. The van der Waals surface area contributed by atoms with Gasteiger partial charge >= 0.3 is 5.97 Å². The number of azide groups is 1.